The largest absolute Gasteiger partial charge is 0.503 e. The Morgan fingerprint density at radius 1 is 1.06 bits per heavy atom. The first-order valence-electron chi connectivity index (χ1n) is 15.4. The number of carbonyl (C=O) groups excluding carboxylic acids is 1. The van der Waals surface area contributed by atoms with Crippen molar-refractivity contribution in [3.63, 3.8) is 0 Å². The van der Waals surface area contributed by atoms with E-state index in [2.05, 4.69) is 26.1 Å². The number of carbonyl (C=O) groups is 1. The van der Waals surface area contributed by atoms with Crippen LogP contribution in [0.5, 0.6) is 23.3 Å². The van der Waals surface area contributed by atoms with E-state index < -0.39 is 16.4 Å². The number of esters is 1. The van der Waals surface area contributed by atoms with Crippen LogP contribution in [0.15, 0.2) is 97.8 Å². The molecule has 2 heterocycles. The third kappa shape index (κ3) is 9.11. The van der Waals surface area contributed by atoms with Gasteiger partial charge >= 0.3 is 5.97 Å². The number of benzene rings is 3. The summed E-state index contributed by atoms with van der Waals surface area (Å²) in [6.07, 6.45) is 5.97. The fourth-order valence-corrected chi connectivity index (χ4v) is 5.65. The lowest BCUT2D eigenvalue weighted by Gasteiger charge is -2.33. The molecule has 0 spiro atoms. The number of aliphatic hydroxyl groups is 1. The van der Waals surface area contributed by atoms with Gasteiger partial charge in [-0.2, -0.15) is 10.4 Å². The third-order valence-corrected chi connectivity index (χ3v) is 9.29. The maximum Gasteiger partial charge on any atom is 0.341 e. The highest BCUT2D eigenvalue weighted by Crippen LogP contribution is 2.53. The summed E-state index contributed by atoms with van der Waals surface area (Å²) < 4.78 is 23.4. The van der Waals surface area contributed by atoms with Crippen molar-refractivity contribution in [1.29, 1.82) is 5.26 Å². The lowest BCUT2D eigenvalue weighted by molar-refractivity contribution is -0.133. The van der Waals surface area contributed by atoms with E-state index in [1.165, 1.54) is 39.2 Å². The molecule has 1 aliphatic carbocycles. The highest BCUT2D eigenvalue weighted by Gasteiger charge is 2.58. The molecular formula is C36H32Cl2N6O6S. The van der Waals surface area contributed by atoms with Gasteiger partial charge in [-0.3, -0.25) is 0 Å². The molecule has 0 radical (unpaired) electrons. The Balaban J connectivity index is 0.000000210. The van der Waals surface area contributed by atoms with Gasteiger partial charge in [-0.05, 0) is 54.9 Å². The zero-order chi connectivity index (χ0) is 36.4. The molecule has 6 rings (SSSR count). The van der Waals surface area contributed by atoms with Crippen LogP contribution in [0.2, 0.25) is 5.02 Å². The number of hydrogen-bond donors (Lipinski definition) is 2. The van der Waals surface area contributed by atoms with Crippen molar-refractivity contribution in [2.45, 2.75) is 36.3 Å². The maximum atomic E-state index is 12.1. The van der Waals surface area contributed by atoms with Crippen LogP contribution in [0, 0.1) is 16.1 Å². The molecule has 12 nitrogen and oxygen atoms in total. The molecule has 1 fully saturated rings. The number of nitrogens with zero attached hydrogens (tertiary/aromatic N) is 5. The van der Waals surface area contributed by atoms with E-state index >= 15 is 0 Å². The lowest BCUT2D eigenvalue weighted by Crippen LogP contribution is -2.47. The molecule has 0 amide bonds. The number of H-pyrrole nitrogens is 1. The SMILES string of the molecule is CO/C=C(/C(=O)OC)c1ccccc1Oc1cc(Oc2ccccc2C#N)ncn1.OC(Cc1ccccc1Cl)(Cn1nc[nH]c1=S)C1(Cl)CC1. The predicted molar refractivity (Wildman–Crippen MR) is 192 cm³/mol. The average molecular weight is 748 g/mol. The van der Waals surface area contributed by atoms with Gasteiger partial charge in [0.2, 0.25) is 11.8 Å². The molecule has 1 saturated carbocycles. The molecule has 0 saturated heterocycles. The zero-order valence-electron chi connectivity index (χ0n) is 27.5. The van der Waals surface area contributed by atoms with Crippen LogP contribution in [-0.2, 0) is 27.2 Å². The summed E-state index contributed by atoms with van der Waals surface area (Å²) in [6, 6.07) is 24.7. The van der Waals surface area contributed by atoms with Crippen LogP contribution in [0.4, 0.5) is 0 Å². The number of ether oxygens (including phenoxy) is 4. The minimum atomic E-state index is -1.15. The van der Waals surface area contributed by atoms with Gasteiger partial charge in [-0.1, -0.05) is 60.1 Å². The number of rotatable bonds is 12. The number of methoxy groups -OCH3 is 2. The third-order valence-electron chi connectivity index (χ3n) is 7.87. The second-order valence-corrected chi connectivity index (χ2v) is 12.8. The number of para-hydroxylation sites is 2. The van der Waals surface area contributed by atoms with Gasteiger partial charge in [-0.15, -0.1) is 11.6 Å². The zero-order valence-corrected chi connectivity index (χ0v) is 29.8. The smallest absolute Gasteiger partial charge is 0.341 e. The van der Waals surface area contributed by atoms with Crippen LogP contribution in [0.1, 0.15) is 29.5 Å². The Labute approximate surface area is 308 Å². The van der Waals surface area contributed by atoms with Gasteiger partial charge in [0.05, 0.1) is 43.5 Å². The molecule has 1 unspecified atom stereocenters. The van der Waals surface area contributed by atoms with Crippen molar-refractivity contribution < 1.29 is 28.8 Å². The second-order valence-electron chi connectivity index (χ2n) is 11.3. The number of aromatic nitrogens is 5. The number of alkyl halides is 1. The van der Waals surface area contributed by atoms with Gasteiger partial charge in [-0.25, -0.2) is 19.4 Å². The van der Waals surface area contributed by atoms with E-state index in [-0.39, 0.29) is 23.9 Å². The first-order valence-corrected chi connectivity index (χ1v) is 16.6. The molecule has 3 aromatic carbocycles. The second kappa shape index (κ2) is 16.6. The van der Waals surface area contributed by atoms with Gasteiger partial charge in [0.1, 0.15) is 41.4 Å². The first-order chi connectivity index (χ1) is 24.6. The monoisotopic (exact) mass is 746 g/mol. The number of halogens is 2. The van der Waals surface area contributed by atoms with E-state index in [9.17, 15) is 15.2 Å². The Kier molecular flexibility index (Phi) is 12.1. The fourth-order valence-electron chi connectivity index (χ4n) is 5.06. The fraction of sp³-hybridized carbons (Fsp3) is 0.222. The van der Waals surface area contributed by atoms with Crippen LogP contribution in [0.3, 0.4) is 0 Å². The summed E-state index contributed by atoms with van der Waals surface area (Å²) >= 11 is 17.9. The van der Waals surface area contributed by atoms with E-state index in [1.54, 1.807) is 53.2 Å². The standard InChI is InChI=1S/C22H17N3O5.C14H15Cl2N3OS/c1-27-13-17(22(26)28-2)16-8-4-6-10-19(16)30-21-11-20(24-14-25-21)29-18-9-5-3-7-15(18)12-23;15-11-4-2-1-3-10(11)7-14(20,13(16)5-6-13)8-19-12(21)17-9-18-19/h3-11,13-14H,1-2H3;1-4,9,20H,5-8H2,(H,17,18,21)/b17-13+;. The Hall–Kier alpha value is -5.26. The number of nitrogens with one attached hydrogen (secondary N) is 1. The summed E-state index contributed by atoms with van der Waals surface area (Å²) in [5.74, 6) is 0.520. The molecule has 2 N–H and O–H groups in total. The van der Waals surface area contributed by atoms with E-state index in [1.807, 2.05) is 24.3 Å². The molecule has 1 atom stereocenters. The van der Waals surface area contributed by atoms with Crippen molar-refractivity contribution in [2.75, 3.05) is 14.2 Å². The summed E-state index contributed by atoms with van der Waals surface area (Å²) in [7, 11) is 2.71. The highest BCUT2D eigenvalue weighted by molar-refractivity contribution is 7.71. The molecule has 0 aliphatic heterocycles. The summed E-state index contributed by atoms with van der Waals surface area (Å²) in [4.78, 5) is 22.4. The lowest BCUT2D eigenvalue weighted by atomic mass is 9.89. The predicted octanol–water partition coefficient (Wildman–Crippen LogP) is 7.43. The van der Waals surface area contributed by atoms with E-state index in [0.717, 1.165) is 18.4 Å². The molecular weight excluding hydrogens is 715 g/mol. The molecule has 2 aromatic heterocycles. The summed E-state index contributed by atoms with van der Waals surface area (Å²) in [5.41, 5.74) is 0.741. The van der Waals surface area contributed by atoms with Crippen LogP contribution < -0.4 is 9.47 Å². The Morgan fingerprint density at radius 2 is 1.71 bits per heavy atom. The van der Waals surface area contributed by atoms with Gasteiger partial charge < -0.3 is 29.0 Å². The Bertz CT molecular complexity index is 2130. The summed E-state index contributed by atoms with van der Waals surface area (Å²) in [5, 5.41) is 25.1. The number of aromatic amines is 1. The molecule has 0 bridgehead atoms. The molecule has 5 aromatic rings. The van der Waals surface area contributed by atoms with Crippen molar-refractivity contribution in [2.24, 2.45) is 0 Å². The minimum Gasteiger partial charge on any atom is -0.503 e. The number of hydrogen-bond acceptors (Lipinski definition) is 11. The van der Waals surface area contributed by atoms with Crippen LogP contribution in [0.25, 0.3) is 5.57 Å². The topological polar surface area (TPSA) is 157 Å². The molecule has 51 heavy (non-hydrogen) atoms. The summed E-state index contributed by atoms with van der Waals surface area (Å²) in [6.45, 7) is 0.240. The highest BCUT2D eigenvalue weighted by atomic mass is 35.5. The van der Waals surface area contributed by atoms with Crippen LogP contribution in [-0.4, -0.2) is 60.5 Å². The van der Waals surface area contributed by atoms with Gasteiger partial charge in [0.15, 0.2) is 4.77 Å². The van der Waals surface area contributed by atoms with Crippen molar-refractivity contribution in [1.82, 2.24) is 24.7 Å². The minimum absolute atomic E-state index is 0.184. The quantitative estimate of drug-likeness (QED) is 0.0430. The number of nitriles is 1. The van der Waals surface area contributed by atoms with E-state index in [0.29, 0.717) is 38.8 Å². The maximum absolute atomic E-state index is 12.1. The normalized spacial score (nSPS) is 14.2. The Morgan fingerprint density at radius 3 is 2.33 bits per heavy atom. The van der Waals surface area contributed by atoms with Gasteiger partial charge in [0, 0.05) is 17.0 Å². The van der Waals surface area contributed by atoms with Crippen molar-refractivity contribution in [3.05, 3.63) is 124 Å². The first kappa shape index (κ1) is 37.0. The molecule has 262 valence electrons. The van der Waals surface area contributed by atoms with Crippen molar-refractivity contribution in [3.8, 4) is 29.3 Å². The average Bonchev–Trinajstić information content (AvgIpc) is 3.79. The van der Waals surface area contributed by atoms with Crippen LogP contribution >= 0.6 is 35.4 Å². The molecule has 15 heteroatoms. The van der Waals surface area contributed by atoms with Crippen molar-refractivity contribution >= 4 is 47.0 Å². The molecule has 1 aliphatic rings. The van der Waals surface area contributed by atoms with E-state index in [4.69, 9.17) is 54.4 Å². The van der Waals surface area contributed by atoms with Gasteiger partial charge in [0.25, 0.3) is 0 Å².